The molecule has 0 aliphatic heterocycles. The van der Waals surface area contributed by atoms with E-state index in [0.717, 1.165) is 0 Å². The molecule has 0 rings (SSSR count). The van der Waals surface area contributed by atoms with E-state index in [1.54, 1.807) is 7.11 Å². The molecule has 4 nitrogen and oxygen atoms in total. The highest BCUT2D eigenvalue weighted by atomic mass is 16.5. The molecule has 0 aromatic heterocycles. The number of carbonyl (C=O) groups is 1. The first-order chi connectivity index (χ1) is 6.70. The zero-order valence-corrected chi connectivity index (χ0v) is 8.80. The standard InChI is InChI=1S/C10H18N2O2/c1-4-6-12-10(13)5-7-11-9(2)8-14-3/h1,9,11H,5-8H2,2-3H3,(H,12,13). The third-order valence-electron chi connectivity index (χ3n) is 1.65. The molecule has 1 atom stereocenters. The van der Waals surface area contributed by atoms with Crippen molar-refractivity contribution in [1.82, 2.24) is 10.6 Å². The zero-order valence-electron chi connectivity index (χ0n) is 8.80. The lowest BCUT2D eigenvalue weighted by Crippen LogP contribution is -2.34. The molecule has 4 heteroatoms. The summed E-state index contributed by atoms with van der Waals surface area (Å²) in [4.78, 5) is 11.1. The summed E-state index contributed by atoms with van der Waals surface area (Å²) in [5.41, 5.74) is 0. The summed E-state index contributed by atoms with van der Waals surface area (Å²) in [6, 6.07) is 0.264. The van der Waals surface area contributed by atoms with Crippen molar-refractivity contribution in [1.29, 1.82) is 0 Å². The van der Waals surface area contributed by atoms with Crippen molar-refractivity contribution >= 4 is 5.91 Å². The summed E-state index contributed by atoms with van der Waals surface area (Å²) in [5, 5.41) is 5.75. The van der Waals surface area contributed by atoms with Crippen LogP contribution in [-0.2, 0) is 9.53 Å². The summed E-state index contributed by atoms with van der Waals surface area (Å²) >= 11 is 0. The Morgan fingerprint density at radius 1 is 1.64 bits per heavy atom. The molecular weight excluding hydrogens is 180 g/mol. The predicted octanol–water partition coefficient (Wildman–Crippen LogP) is -0.250. The van der Waals surface area contributed by atoms with Crippen LogP contribution in [0.15, 0.2) is 0 Å². The monoisotopic (exact) mass is 198 g/mol. The number of methoxy groups -OCH3 is 1. The molecule has 0 saturated heterocycles. The van der Waals surface area contributed by atoms with E-state index < -0.39 is 0 Å². The minimum atomic E-state index is -0.0277. The molecule has 0 radical (unpaired) electrons. The molecule has 14 heavy (non-hydrogen) atoms. The van der Waals surface area contributed by atoms with Crippen molar-refractivity contribution in [3.05, 3.63) is 0 Å². The Morgan fingerprint density at radius 2 is 2.36 bits per heavy atom. The molecule has 0 aliphatic rings. The second kappa shape index (κ2) is 8.54. The highest BCUT2D eigenvalue weighted by molar-refractivity contribution is 5.76. The maximum absolute atomic E-state index is 11.1. The minimum Gasteiger partial charge on any atom is -0.383 e. The fraction of sp³-hybridized carbons (Fsp3) is 0.700. The van der Waals surface area contributed by atoms with E-state index in [-0.39, 0.29) is 11.9 Å². The van der Waals surface area contributed by atoms with Gasteiger partial charge in [0, 0.05) is 26.1 Å². The molecule has 0 heterocycles. The molecule has 80 valence electrons. The number of rotatable bonds is 7. The Kier molecular flexibility index (Phi) is 7.90. The molecule has 0 aromatic carbocycles. The molecule has 0 fully saturated rings. The highest BCUT2D eigenvalue weighted by Gasteiger charge is 2.02. The van der Waals surface area contributed by atoms with Gasteiger partial charge in [-0.1, -0.05) is 5.92 Å². The van der Waals surface area contributed by atoms with Gasteiger partial charge in [0.05, 0.1) is 13.2 Å². The first-order valence-electron chi connectivity index (χ1n) is 4.63. The van der Waals surface area contributed by atoms with Gasteiger partial charge < -0.3 is 15.4 Å². The van der Waals surface area contributed by atoms with Gasteiger partial charge in [0.25, 0.3) is 0 Å². The molecule has 0 saturated carbocycles. The highest BCUT2D eigenvalue weighted by Crippen LogP contribution is 1.83. The van der Waals surface area contributed by atoms with Crippen molar-refractivity contribution in [2.45, 2.75) is 19.4 Å². The third-order valence-corrected chi connectivity index (χ3v) is 1.65. The predicted molar refractivity (Wildman–Crippen MR) is 55.8 cm³/mol. The van der Waals surface area contributed by atoms with Gasteiger partial charge in [-0.15, -0.1) is 6.42 Å². The lowest BCUT2D eigenvalue weighted by Gasteiger charge is -2.11. The summed E-state index contributed by atoms with van der Waals surface area (Å²) in [6.45, 7) is 3.59. The Bertz CT molecular complexity index is 199. The average Bonchev–Trinajstić information content (AvgIpc) is 2.15. The molecule has 0 spiro atoms. The van der Waals surface area contributed by atoms with Crippen molar-refractivity contribution in [3.63, 3.8) is 0 Å². The largest absolute Gasteiger partial charge is 0.383 e. The fourth-order valence-corrected chi connectivity index (χ4v) is 0.979. The maximum atomic E-state index is 11.1. The van der Waals surface area contributed by atoms with Gasteiger partial charge in [0.2, 0.25) is 5.91 Å². The van der Waals surface area contributed by atoms with Crippen molar-refractivity contribution in [2.24, 2.45) is 0 Å². The van der Waals surface area contributed by atoms with Crippen LogP contribution in [-0.4, -0.2) is 38.8 Å². The van der Waals surface area contributed by atoms with Crippen LogP contribution in [0.3, 0.4) is 0 Å². The van der Waals surface area contributed by atoms with Gasteiger partial charge in [-0.05, 0) is 6.92 Å². The number of hydrogen-bond donors (Lipinski definition) is 2. The van der Waals surface area contributed by atoms with Crippen LogP contribution < -0.4 is 10.6 Å². The Balaban J connectivity index is 3.35. The van der Waals surface area contributed by atoms with Gasteiger partial charge >= 0.3 is 0 Å². The Morgan fingerprint density at radius 3 is 2.93 bits per heavy atom. The van der Waals surface area contributed by atoms with Crippen LogP contribution in [0.4, 0.5) is 0 Å². The third kappa shape index (κ3) is 7.59. The zero-order chi connectivity index (χ0) is 10.8. The van der Waals surface area contributed by atoms with E-state index in [4.69, 9.17) is 11.2 Å². The molecule has 0 bridgehead atoms. The van der Waals surface area contributed by atoms with E-state index in [2.05, 4.69) is 16.6 Å². The fourth-order valence-electron chi connectivity index (χ4n) is 0.979. The second-order valence-corrected chi connectivity index (χ2v) is 3.04. The number of amides is 1. The van der Waals surface area contributed by atoms with Gasteiger partial charge in [-0.25, -0.2) is 0 Å². The van der Waals surface area contributed by atoms with E-state index in [1.807, 2.05) is 6.92 Å². The lowest BCUT2D eigenvalue weighted by atomic mass is 10.3. The van der Waals surface area contributed by atoms with Gasteiger partial charge in [-0.2, -0.15) is 0 Å². The quantitative estimate of drug-likeness (QED) is 0.555. The van der Waals surface area contributed by atoms with Crippen molar-refractivity contribution in [2.75, 3.05) is 26.8 Å². The van der Waals surface area contributed by atoms with Crippen LogP contribution in [0.25, 0.3) is 0 Å². The maximum Gasteiger partial charge on any atom is 0.222 e. The molecule has 0 aromatic rings. The van der Waals surface area contributed by atoms with E-state index >= 15 is 0 Å². The molecule has 2 N–H and O–H groups in total. The summed E-state index contributed by atoms with van der Waals surface area (Å²) in [5.74, 6) is 2.32. The van der Waals surface area contributed by atoms with Crippen LogP contribution in [0.2, 0.25) is 0 Å². The van der Waals surface area contributed by atoms with Crippen LogP contribution in [0, 0.1) is 12.3 Å². The van der Waals surface area contributed by atoms with Gasteiger partial charge in [0.1, 0.15) is 0 Å². The summed E-state index contributed by atoms with van der Waals surface area (Å²) in [6.07, 6.45) is 5.44. The molecular formula is C10H18N2O2. The number of terminal acetylenes is 1. The normalized spacial score (nSPS) is 11.8. The number of hydrogen-bond acceptors (Lipinski definition) is 3. The minimum absolute atomic E-state index is 0.0277. The topological polar surface area (TPSA) is 50.4 Å². The first kappa shape index (κ1) is 12.9. The molecule has 1 unspecified atom stereocenters. The molecule has 0 aliphatic carbocycles. The van der Waals surface area contributed by atoms with Gasteiger partial charge in [-0.3, -0.25) is 4.79 Å². The van der Waals surface area contributed by atoms with Crippen molar-refractivity contribution < 1.29 is 9.53 Å². The van der Waals surface area contributed by atoms with Crippen LogP contribution >= 0.6 is 0 Å². The summed E-state index contributed by atoms with van der Waals surface area (Å²) in [7, 11) is 1.65. The Labute approximate surface area is 85.4 Å². The Hall–Kier alpha value is -1.05. The van der Waals surface area contributed by atoms with Crippen LogP contribution in [0.5, 0.6) is 0 Å². The van der Waals surface area contributed by atoms with E-state index in [0.29, 0.717) is 26.1 Å². The average molecular weight is 198 g/mol. The first-order valence-corrected chi connectivity index (χ1v) is 4.63. The lowest BCUT2D eigenvalue weighted by molar-refractivity contribution is -0.120. The number of carbonyl (C=O) groups excluding carboxylic acids is 1. The molecule has 1 amide bonds. The SMILES string of the molecule is C#CCNC(=O)CCNC(C)COC. The van der Waals surface area contributed by atoms with E-state index in [9.17, 15) is 4.79 Å². The van der Waals surface area contributed by atoms with Crippen LogP contribution in [0.1, 0.15) is 13.3 Å². The smallest absolute Gasteiger partial charge is 0.222 e. The van der Waals surface area contributed by atoms with Gasteiger partial charge in [0.15, 0.2) is 0 Å². The summed E-state index contributed by atoms with van der Waals surface area (Å²) < 4.78 is 4.94. The van der Waals surface area contributed by atoms with E-state index in [1.165, 1.54) is 0 Å². The van der Waals surface area contributed by atoms with Crippen molar-refractivity contribution in [3.8, 4) is 12.3 Å². The number of ether oxygens (including phenoxy) is 1. The second-order valence-electron chi connectivity index (χ2n) is 3.04. The number of nitrogens with one attached hydrogen (secondary N) is 2.